The van der Waals surface area contributed by atoms with E-state index < -0.39 is 28.0 Å². The van der Waals surface area contributed by atoms with Crippen LogP contribution in [0.2, 0.25) is 39.9 Å². The molecule has 5 rings (SSSR count). The van der Waals surface area contributed by atoms with Crippen molar-refractivity contribution < 1.29 is 20.0 Å². The van der Waals surface area contributed by atoms with Gasteiger partial charge in [0.15, 0.2) is 0 Å². The molecule has 0 spiro atoms. The van der Waals surface area contributed by atoms with Crippen LogP contribution in [0, 0.1) is 23.7 Å². The molecule has 0 N–H and O–H groups in total. The summed E-state index contributed by atoms with van der Waals surface area (Å²) >= 11 is -2.63. The fourth-order valence-corrected chi connectivity index (χ4v) is 58.1. The molecule has 0 radical (unpaired) electrons. The third kappa shape index (κ3) is 3.20. The summed E-state index contributed by atoms with van der Waals surface area (Å²) in [7, 11) is -1.27. The Morgan fingerprint density at radius 1 is 0.700 bits per heavy atom. The number of hydrogen-bond acceptors (Lipinski definition) is 0. The average Bonchev–Trinajstić information content (AvgIpc) is 3.35. The van der Waals surface area contributed by atoms with E-state index >= 15 is 0 Å². The van der Waals surface area contributed by atoms with Crippen molar-refractivity contribution in [2.75, 3.05) is 0 Å². The van der Waals surface area contributed by atoms with Gasteiger partial charge < -0.3 is 0 Å². The maximum absolute atomic E-state index is 2.86. The van der Waals surface area contributed by atoms with Crippen LogP contribution in [0.4, 0.5) is 0 Å². The molecule has 3 fully saturated rings. The van der Waals surface area contributed by atoms with Gasteiger partial charge in [-0.1, -0.05) is 0 Å². The van der Waals surface area contributed by atoms with Crippen molar-refractivity contribution in [3.05, 3.63) is 48.6 Å². The summed E-state index contributed by atoms with van der Waals surface area (Å²) < 4.78 is 5.78. The standard InChI is InChI=1S/C20H26Si.2C4H9.Hf/c1-21(2,19-11-15-7-3-4-8-16(15)12-19)20-13-17-9-5-6-10-18(17)14-20;2*1-3-4-2;/h3-11,13,15-20H,12,14H2,1-2H3;2*1,3-4H2,2H3;. The summed E-state index contributed by atoms with van der Waals surface area (Å²) in [6.07, 6.45) is 29.3. The molecule has 8 unspecified atom stereocenters. The predicted octanol–water partition coefficient (Wildman–Crippen LogP) is 9.14. The van der Waals surface area contributed by atoms with E-state index in [1.54, 1.807) is 21.2 Å². The number of rotatable bonds is 6. The van der Waals surface area contributed by atoms with Gasteiger partial charge in [0.1, 0.15) is 0 Å². The third-order valence-electron chi connectivity index (χ3n) is 10.6. The van der Waals surface area contributed by atoms with Crippen LogP contribution in [0.1, 0.15) is 52.4 Å². The van der Waals surface area contributed by atoms with E-state index in [0.29, 0.717) is 0 Å². The van der Waals surface area contributed by atoms with Crippen LogP contribution in [0.25, 0.3) is 0 Å². The van der Waals surface area contributed by atoms with Crippen LogP contribution in [-0.4, -0.2) is 8.07 Å². The van der Waals surface area contributed by atoms with E-state index in [9.17, 15) is 0 Å². The zero-order valence-corrected chi connectivity index (χ0v) is 24.5. The zero-order chi connectivity index (χ0) is 20.9. The minimum absolute atomic E-state index is 0.885. The molecule has 0 aromatic heterocycles. The molecular formula is C28H44HfSi. The van der Waals surface area contributed by atoms with Crippen LogP contribution in [0.5, 0.6) is 0 Å². The van der Waals surface area contributed by atoms with Gasteiger partial charge in [-0.3, -0.25) is 0 Å². The molecule has 1 aliphatic heterocycles. The second-order valence-corrected chi connectivity index (χ2v) is 34.4. The van der Waals surface area contributed by atoms with Crippen molar-refractivity contribution in [1.29, 1.82) is 0 Å². The van der Waals surface area contributed by atoms with Gasteiger partial charge in [0.05, 0.1) is 0 Å². The first-order valence-corrected chi connectivity index (χ1v) is 25.6. The molecule has 0 aromatic rings. The van der Waals surface area contributed by atoms with Crippen molar-refractivity contribution >= 4 is 8.07 Å². The Labute approximate surface area is 191 Å². The van der Waals surface area contributed by atoms with Crippen LogP contribution in [-0.2, 0) is 20.0 Å². The van der Waals surface area contributed by atoms with Gasteiger partial charge >= 0.3 is 193 Å². The number of hydrogen-bond donors (Lipinski definition) is 0. The van der Waals surface area contributed by atoms with Gasteiger partial charge in [-0.2, -0.15) is 0 Å². The Balaban J connectivity index is 1.66. The SMILES string of the molecule is CCC[CH2][Hf]1([CH2]CCC)[CH]2C3C=CC=CC3CC2[Si](C)(C)C2CC3C=CC=CC3[CH]21. The molecule has 5 aliphatic rings. The van der Waals surface area contributed by atoms with Crippen molar-refractivity contribution in [3.63, 3.8) is 0 Å². The normalized spacial score (nSPS) is 43.9. The molecule has 0 nitrogen and oxygen atoms in total. The third-order valence-corrected chi connectivity index (χ3v) is 42.4. The predicted molar refractivity (Wildman–Crippen MR) is 132 cm³/mol. The van der Waals surface area contributed by atoms with E-state index in [-0.39, 0.29) is 0 Å². The second kappa shape index (κ2) is 8.43. The molecule has 1 heterocycles. The number of allylic oxidation sites excluding steroid dienone is 8. The number of unbranched alkanes of at least 4 members (excludes halogenated alkanes) is 2. The Morgan fingerprint density at radius 3 is 1.57 bits per heavy atom. The monoisotopic (exact) mass is 588 g/mol. The summed E-state index contributed by atoms with van der Waals surface area (Å²) in [4.78, 5) is 0. The van der Waals surface area contributed by atoms with Crippen LogP contribution in [0.15, 0.2) is 48.6 Å². The van der Waals surface area contributed by atoms with Gasteiger partial charge in [-0.15, -0.1) is 0 Å². The summed E-state index contributed by atoms with van der Waals surface area (Å²) in [5.74, 6) is 3.61. The summed E-state index contributed by atoms with van der Waals surface area (Å²) in [5.41, 5.74) is 2.26. The Bertz CT molecular complexity index is 697. The Hall–Kier alpha value is 0.0470. The fourth-order valence-electron chi connectivity index (χ4n) is 9.40. The van der Waals surface area contributed by atoms with Gasteiger partial charge in [-0.25, -0.2) is 0 Å². The summed E-state index contributed by atoms with van der Waals surface area (Å²) in [6.45, 7) is 10.6. The van der Waals surface area contributed by atoms with Crippen LogP contribution >= 0.6 is 0 Å². The summed E-state index contributed by atoms with van der Waals surface area (Å²) in [6, 6.07) is 0. The molecule has 1 saturated heterocycles. The quantitative estimate of drug-likeness (QED) is 0.272. The minimum atomic E-state index is -2.63. The van der Waals surface area contributed by atoms with Gasteiger partial charge in [0.25, 0.3) is 0 Å². The maximum atomic E-state index is 2.86. The first-order valence-electron chi connectivity index (χ1n) is 13.2. The summed E-state index contributed by atoms with van der Waals surface area (Å²) in [5, 5.41) is 0. The van der Waals surface area contributed by atoms with Gasteiger partial charge in [0, 0.05) is 0 Å². The number of fused-ring (bicyclic) bond motifs is 6. The van der Waals surface area contributed by atoms with E-state index in [4.69, 9.17) is 0 Å². The molecule has 4 aliphatic carbocycles. The molecule has 0 amide bonds. The molecular weight excluding hydrogens is 543 g/mol. The van der Waals surface area contributed by atoms with Crippen LogP contribution in [0.3, 0.4) is 0 Å². The average molecular weight is 587 g/mol. The molecule has 8 atom stereocenters. The Morgan fingerprint density at radius 2 is 1.13 bits per heavy atom. The van der Waals surface area contributed by atoms with Crippen molar-refractivity contribution in [1.82, 2.24) is 0 Å². The van der Waals surface area contributed by atoms with Crippen molar-refractivity contribution in [2.24, 2.45) is 23.7 Å². The van der Waals surface area contributed by atoms with Crippen molar-refractivity contribution in [3.8, 4) is 0 Å². The van der Waals surface area contributed by atoms with Gasteiger partial charge in [0.2, 0.25) is 0 Å². The molecule has 2 heteroatoms. The zero-order valence-electron chi connectivity index (χ0n) is 19.9. The molecule has 0 bridgehead atoms. The first kappa shape index (κ1) is 21.9. The second-order valence-electron chi connectivity index (χ2n) is 12.0. The van der Waals surface area contributed by atoms with Gasteiger partial charge in [-0.05, 0) is 0 Å². The molecule has 2 saturated carbocycles. The van der Waals surface area contributed by atoms with Crippen LogP contribution < -0.4 is 0 Å². The molecule has 0 aromatic carbocycles. The molecule has 30 heavy (non-hydrogen) atoms. The van der Waals surface area contributed by atoms with E-state index in [0.717, 1.165) is 34.8 Å². The van der Waals surface area contributed by atoms with Crippen molar-refractivity contribution in [2.45, 2.75) is 92.3 Å². The van der Waals surface area contributed by atoms with E-state index in [1.807, 2.05) is 0 Å². The van der Waals surface area contributed by atoms with E-state index in [2.05, 4.69) is 75.5 Å². The molecule has 164 valence electrons. The fraction of sp³-hybridized carbons (Fsp3) is 0.714. The first-order chi connectivity index (χ1) is 14.5. The Kier molecular flexibility index (Phi) is 6.15. The topological polar surface area (TPSA) is 0 Å². The van der Waals surface area contributed by atoms with E-state index in [1.165, 1.54) is 33.0 Å².